The van der Waals surface area contributed by atoms with Crippen LogP contribution in [-0.4, -0.2) is 41.0 Å². The van der Waals surface area contributed by atoms with Gasteiger partial charge >= 0.3 is 0 Å². The number of hydrogen-bond donors (Lipinski definition) is 1. The zero-order valence-corrected chi connectivity index (χ0v) is 13.2. The van der Waals surface area contributed by atoms with Crippen molar-refractivity contribution >= 4 is 0 Å². The molecule has 114 valence electrons. The maximum Gasteiger partial charge on any atom is 0.160 e. The molecule has 0 heterocycles. The fourth-order valence-corrected chi connectivity index (χ4v) is 2.25. The highest BCUT2D eigenvalue weighted by Crippen LogP contribution is 2.33. The van der Waals surface area contributed by atoms with Crippen LogP contribution in [0.3, 0.4) is 0 Å². The Hall–Kier alpha value is -1.26. The fraction of sp³-hybridized carbons (Fsp3) is 0.625. The van der Waals surface area contributed by atoms with E-state index in [9.17, 15) is 0 Å². The van der Waals surface area contributed by atoms with Gasteiger partial charge in [-0.25, -0.2) is 0 Å². The number of hydrogen-bond acceptors (Lipinski definition) is 4. The maximum atomic E-state index is 5.38. The molecule has 0 aliphatic carbocycles. The van der Waals surface area contributed by atoms with Crippen LogP contribution in [0.5, 0.6) is 11.5 Å². The van der Waals surface area contributed by atoms with Gasteiger partial charge in [-0.2, -0.15) is 0 Å². The lowest BCUT2D eigenvalue weighted by Gasteiger charge is -2.23. The monoisotopic (exact) mass is 281 g/mol. The molecule has 20 heavy (non-hydrogen) atoms. The van der Waals surface area contributed by atoms with Crippen molar-refractivity contribution in [3.8, 4) is 11.5 Å². The molecular weight excluding hydrogens is 254 g/mol. The molecule has 0 saturated carbocycles. The Morgan fingerprint density at radius 3 is 2.30 bits per heavy atom. The summed E-state index contributed by atoms with van der Waals surface area (Å²) in [6, 6.07) is 6.16. The third-order valence-corrected chi connectivity index (χ3v) is 3.49. The molecule has 0 saturated heterocycles. The minimum absolute atomic E-state index is 0.437. The smallest absolute Gasteiger partial charge is 0.160 e. The Morgan fingerprint density at radius 2 is 1.75 bits per heavy atom. The van der Waals surface area contributed by atoms with E-state index in [1.54, 1.807) is 21.3 Å². The van der Waals surface area contributed by atoms with E-state index in [1.165, 1.54) is 5.56 Å². The lowest BCUT2D eigenvalue weighted by Crippen LogP contribution is -2.27. The van der Waals surface area contributed by atoms with Crippen LogP contribution in [0.25, 0.3) is 0 Å². The summed E-state index contributed by atoms with van der Waals surface area (Å²) in [6.45, 7) is 7.00. The summed E-state index contributed by atoms with van der Waals surface area (Å²) in [6.07, 6.45) is 0. The first kappa shape index (κ1) is 16.8. The Morgan fingerprint density at radius 1 is 1.05 bits per heavy atom. The molecule has 0 amide bonds. The molecule has 1 rings (SSSR count). The first-order chi connectivity index (χ1) is 9.63. The van der Waals surface area contributed by atoms with E-state index in [-0.39, 0.29) is 0 Å². The third-order valence-electron chi connectivity index (χ3n) is 3.49. The van der Waals surface area contributed by atoms with Gasteiger partial charge in [0, 0.05) is 20.2 Å². The van der Waals surface area contributed by atoms with E-state index in [0.29, 0.717) is 11.8 Å². The first-order valence-corrected chi connectivity index (χ1v) is 7.05. The highest BCUT2D eigenvalue weighted by molar-refractivity contribution is 5.44. The van der Waals surface area contributed by atoms with E-state index in [0.717, 1.165) is 31.2 Å². The van der Waals surface area contributed by atoms with Crippen LogP contribution in [-0.2, 0) is 4.74 Å². The summed E-state index contributed by atoms with van der Waals surface area (Å²) in [5.74, 6) is 2.54. The molecule has 1 aromatic rings. The molecule has 0 aliphatic heterocycles. The van der Waals surface area contributed by atoms with E-state index in [1.807, 2.05) is 6.07 Å². The van der Waals surface area contributed by atoms with Crippen molar-refractivity contribution in [2.45, 2.75) is 19.8 Å². The second-order valence-electron chi connectivity index (χ2n) is 5.16. The molecule has 0 fully saturated rings. The zero-order chi connectivity index (χ0) is 15.0. The van der Waals surface area contributed by atoms with Gasteiger partial charge in [0.1, 0.15) is 0 Å². The van der Waals surface area contributed by atoms with Crippen molar-refractivity contribution in [3.63, 3.8) is 0 Å². The summed E-state index contributed by atoms with van der Waals surface area (Å²) in [7, 11) is 5.04. The quantitative estimate of drug-likeness (QED) is 0.706. The highest BCUT2D eigenvalue weighted by Gasteiger charge is 2.17. The van der Waals surface area contributed by atoms with E-state index in [4.69, 9.17) is 14.2 Å². The van der Waals surface area contributed by atoms with Crippen molar-refractivity contribution in [3.05, 3.63) is 23.8 Å². The van der Waals surface area contributed by atoms with E-state index in [2.05, 4.69) is 31.3 Å². The van der Waals surface area contributed by atoms with Gasteiger partial charge < -0.3 is 19.5 Å². The molecule has 4 nitrogen and oxygen atoms in total. The number of ether oxygens (including phenoxy) is 3. The predicted octanol–water partition coefficient (Wildman–Crippen LogP) is 2.68. The van der Waals surface area contributed by atoms with Crippen LogP contribution in [0.2, 0.25) is 0 Å². The molecule has 1 N–H and O–H groups in total. The lowest BCUT2D eigenvalue weighted by molar-refractivity contribution is 0.198. The molecule has 0 bridgehead atoms. The molecule has 1 aromatic carbocycles. The van der Waals surface area contributed by atoms with Crippen LogP contribution in [0.1, 0.15) is 25.3 Å². The number of benzene rings is 1. The van der Waals surface area contributed by atoms with Gasteiger partial charge in [0.25, 0.3) is 0 Å². The average Bonchev–Trinajstić information content (AvgIpc) is 2.46. The summed E-state index contributed by atoms with van der Waals surface area (Å²) < 4.78 is 15.7. The van der Waals surface area contributed by atoms with Gasteiger partial charge in [-0.15, -0.1) is 0 Å². The van der Waals surface area contributed by atoms with Crippen LogP contribution in [0.4, 0.5) is 0 Å². The minimum Gasteiger partial charge on any atom is -0.493 e. The minimum atomic E-state index is 0.437. The van der Waals surface area contributed by atoms with E-state index >= 15 is 0 Å². The Bertz CT molecular complexity index is 393. The number of rotatable bonds is 9. The van der Waals surface area contributed by atoms with Crippen LogP contribution in [0, 0.1) is 5.92 Å². The third kappa shape index (κ3) is 4.69. The predicted molar refractivity (Wildman–Crippen MR) is 81.9 cm³/mol. The van der Waals surface area contributed by atoms with Crippen molar-refractivity contribution < 1.29 is 14.2 Å². The lowest BCUT2D eigenvalue weighted by atomic mass is 9.88. The molecule has 1 unspecified atom stereocenters. The van der Waals surface area contributed by atoms with Gasteiger partial charge in [-0.05, 0) is 29.5 Å². The second-order valence-corrected chi connectivity index (χ2v) is 5.16. The summed E-state index contributed by atoms with van der Waals surface area (Å²) in [5.41, 5.74) is 1.27. The Balaban J connectivity index is 2.80. The van der Waals surface area contributed by atoms with Crippen molar-refractivity contribution in [2.75, 3.05) is 41.0 Å². The highest BCUT2D eigenvalue weighted by atomic mass is 16.5. The molecule has 0 aliphatic rings. The van der Waals surface area contributed by atoms with Crippen LogP contribution in [0.15, 0.2) is 18.2 Å². The SMILES string of the molecule is COCCNCC(c1ccc(OC)c(OC)c1)C(C)C. The summed E-state index contributed by atoms with van der Waals surface area (Å²) in [5, 5.41) is 3.44. The summed E-state index contributed by atoms with van der Waals surface area (Å²) in [4.78, 5) is 0. The van der Waals surface area contributed by atoms with Crippen LogP contribution < -0.4 is 14.8 Å². The average molecular weight is 281 g/mol. The largest absolute Gasteiger partial charge is 0.493 e. The topological polar surface area (TPSA) is 39.7 Å². The van der Waals surface area contributed by atoms with Crippen molar-refractivity contribution in [1.29, 1.82) is 0 Å². The van der Waals surface area contributed by atoms with Crippen molar-refractivity contribution in [2.24, 2.45) is 5.92 Å². The second kappa shape index (κ2) is 8.82. The van der Waals surface area contributed by atoms with E-state index < -0.39 is 0 Å². The van der Waals surface area contributed by atoms with Crippen molar-refractivity contribution in [1.82, 2.24) is 5.32 Å². The van der Waals surface area contributed by atoms with Crippen LogP contribution >= 0.6 is 0 Å². The molecule has 0 spiro atoms. The molecule has 0 radical (unpaired) electrons. The van der Waals surface area contributed by atoms with Gasteiger partial charge in [0.2, 0.25) is 0 Å². The normalized spacial score (nSPS) is 12.5. The molecule has 0 aromatic heterocycles. The maximum absolute atomic E-state index is 5.38. The zero-order valence-electron chi connectivity index (χ0n) is 13.2. The summed E-state index contributed by atoms with van der Waals surface area (Å²) >= 11 is 0. The van der Waals surface area contributed by atoms with Gasteiger partial charge in [0.15, 0.2) is 11.5 Å². The first-order valence-electron chi connectivity index (χ1n) is 7.05. The Labute approximate surface area is 122 Å². The van der Waals surface area contributed by atoms with Gasteiger partial charge in [-0.1, -0.05) is 19.9 Å². The van der Waals surface area contributed by atoms with Gasteiger partial charge in [0.05, 0.1) is 20.8 Å². The molecular formula is C16H27NO3. The fourth-order valence-electron chi connectivity index (χ4n) is 2.25. The molecule has 4 heteroatoms. The number of nitrogens with one attached hydrogen (secondary N) is 1. The van der Waals surface area contributed by atoms with Gasteiger partial charge in [-0.3, -0.25) is 0 Å². The Kier molecular flexibility index (Phi) is 7.41. The molecule has 1 atom stereocenters. The number of methoxy groups -OCH3 is 3. The standard InChI is InChI=1S/C16H27NO3/c1-12(2)14(11-17-8-9-18-3)13-6-7-15(19-4)16(10-13)20-5/h6-7,10,12,14,17H,8-9,11H2,1-5H3.